The largest absolute Gasteiger partial charge is 0.444 e. The Morgan fingerprint density at radius 1 is 1.17 bits per heavy atom. The lowest BCUT2D eigenvalue weighted by atomic mass is 9.95. The third-order valence-corrected chi connectivity index (χ3v) is 5.78. The Labute approximate surface area is 204 Å². The topological polar surface area (TPSA) is 118 Å². The van der Waals surface area contributed by atoms with Crippen molar-refractivity contribution >= 4 is 23.8 Å². The summed E-state index contributed by atoms with van der Waals surface area (Å²) >= 11 is 0. The second-order valence-corrected chi connectivity index (χ2v) is 9.88. The normalized spacial score (nSPS) is 19.0. The number of halogens is 2. The van der Waals surface area contributed by atoms with Gasteiger partial charge in [-0.15, -0.1) is 0 Å². The molecule has 1 aromatic rings. The number of anilines is 2. The van der Waals surface area contributed by atoms with E-state index in [2.05, 4.69) is 30.7 Å². The number of carbonyl (C=O) groups excluding carboxylic acids is 2. The van der Waals surface area contributed by atoms with Crippen LogP contribution in [0.3, 0.4) is 0 Å². The molecule has 1 saturated carbocycles. The average Bonchev–Trinajstić information content (AvgIpc) is 3.25. The van der Waals surface area contributed by atoms with Gasteiger partial charge in [-0.05, 0) is 40.0 Å². The lowest BCUT2D eigenvalue weighted by Crippen LogP contribution is -2.40. The smallest absolute Gasteiger partial charge is 0.410 e. The average molecular weight is 499 g/mol. The molecule has 0 bridgehead atoms. The monoisotopic (exact) mass is 498 g/mol. The minimum atomic E-state index is -2.84. The van der Waals surface area contributed by atoms with Gasteiger partial charge in [0.25, 0.3) is 5.91 Å². The minimum absolute atomic E-state index is 0.0985. The van der Waals surface area contributed by atoms with Gasteiger partial charge in [0.15, 0.2) is 0 Å². The van der Waals surface area contributed by atoms with Crippen molar-refractivity contribution in [3.8, 4) is 0 Å². The zero-order valence-electron chi connectivity index (χ0n) is 20.6. The van der Waals surface area contributed by atoms with Crippen LogP contribution in [-0.4, -0.2) is 77.4 Å². The summed E-state index contributed by atoms with van der Waals surface area (Å²) in [6, 6.07) is -0.0313. The quantitative estimate of drug-likeness (QED) is 0.442. The van der Waals surface area contributed by atoms with Gasteiger partial charge in [-0.1, -0.05) is 19.3 Å². The zero-order chi connectivity index (χ0) is 25.4. The number of hydrogen-bond donors (Lipinski definition) is 3. The summed E-state index contributed by atoms with van der Waals surface area (Å²) in [5.41, 5.74) is -0.294. The number of rotatable bonds is 9. The SMILES string of the molecule is CC(C)(C)OC(=O)N1CC[C@H](NC(=O)c2cnc(NCCOC(F)F)nc2NC2CCCCC2)C1. The molecular weight excluding hydrogens is 462 g/mol. The van der Waals surface area contributed by atoms with Crippen LogP contribution < -0.4 is 16.0 Å². The molecular formula is C23H36F2N6O4. The number of aromatic nitrogens is 2. The second-order valence-electron chi connectivity index (χ2n) is 9.88. The maximum absolute atomic E-state index is 13.1. The van der Waals surface area contributed by atoms with E-state index in [0.29, 0.717) is 30.9 Å². The second kappa shape index (κ2) is 12.3. The Bertz CT molecular complexity index is 861. The molecule has 1 atom stereocenters. The molecule has 10 nitrogen and oxygen atoms in total. The molecule has 2 fully saturated rings. The van der Waals surface area contributed by atoms with Gasteiger partial charge in [0, 0.05) is 37.9 Å². The van der Waals surface area contributed by atoms with Crippen LogP contribution in [0, 0.1) is 0 Å². The molecule has 1 aliphatic carbocycles. The predicted molar refractivity (Wildman–Crippen MR) is 127 cm³/mol. The standard InChI is InChI=1S/C23H36F2N6O4/c1-23(2,3)35-22(33)31-11-9-16(14-31)29-19(32)17-13-27-21(26-10-12-34-20(24)25)30-18(17)28-15-7-5-4-6-8-15/h13,15-16,20H,4-12,14H2,1-3H3,(H,29,32)(H2,26,27,28,30)/t16-/m0/s1. The third-order valence-electron chi connectivity index (χ3n) is 5.78. The summed E-state index contributed by atoms with van der Waals surface area (Å²) in [6.45, 7) is 3.34. The van der Waals surface area contributed by atoms with Crippen LogP contribution in [0.4, 0.5) is 25.3 Å². The summed E-state index contributed by atoms with van der Waals surface area (Å²) in [6.07, 6.45) is 6.97. The number of amides is 2. The molecule has 3 N–H and O–H groups in total. The number of alkyl halides is 2. The van der Waals surface area contributed by atoms with Gasteiger partial charge in [0.2, 0.25) is 5.95 Å². The minimum Gasteiger partial charge on any atom is -0.444 e. The van der Waals surface area contributed by atoms with E-state index >= 15 is 0 Å². The number of likely N-dealkylation sites (tertiary alicyclic amines) is 1. The summed E-state index contributed by atoms with van der Waals surface area (Å²) < 4.78 is 34.0. The zero-order valence-corrected chi connectivity index (χ0v) is 20.6. The van der Waals surface area contributed by atoms with Gasteiger partial charge in [-0.25, -0.2) is 9.78 Å². The molecule has 0 aromatic carbocycles. The van der Waals surface area contributed by atoms with Crippen molar-refractivity contribution < 1.29 is 27.8 Å². The third kappa shape index (κ3) is 8.75. The molecule has 196 valence electrons. The number of ether oxygens (including phenoxy) is 2. The summed E-state index contributed by atoms with van der Waals surface area (Å²) in [5.74, 6) is 0.269. The molecule has 12 heteroatoms. The lowest BCUT2D eigenvalue weighted by Gasteiger charge is -2.25. The first-order chi connectivity index (χ1) is 16.6. The van der Waals surface area contributed by atoms with E-state index < -0.39 is 18.3 Å². The van der Waals surface area contributed by atoms with E-state index in [-0.39, 0.29) is 37.1 Å². The van der Waals surface area contributed by atoms with E-state index in [0.717, 1.165) is 25.7 Å². The van der Waals surface area contributed by atoms with Crippen molar-refractivity contribution in [1.82, 2.24) is 20.2 Å². The summed E-state index contributed by atoms with van der Waals surface area (Å²) in [7, 11) is 0. The van der Waals surface area contributed by atoms with Crippen LogP contribution >= 0.6 is 0 Å². The van der Waals surface area contributed by atoms with Crippen molar-refractivity contribution in [3.05, 3.63) is 11.8 Å². The highest BCUT2D eigenvalue weighted by Crippen LogP contribution is 2.24. The number of hydrogen-bond acceptors (Lipinski definition) is 8. The van der Waals surface area contributed by atoms with Gasteiger partial charge in [0.05, 0.1) is 6.61 Å². The first-order valence-electron chi connectivity index (χ1n) is 12.2. The van der Waals surface area contributed by atoms with Gasteiger partial charge in [-0.2, -0.15) is 13.8 Å². The van der Waals surface area contributed by atoms with Gasteiger partial charge < -0.3 is 30.3 Å². The van der Waals surface area contributed by atoms with Crippen molar-refractivity contribution in [2.45, 2.75) is 83.6 Å². The Balaban J connectivity index is 1.64. The molecule has 35 heavy (non-hydrogen) atoms. The van der Waals surface area contributed by atoms with Crippen LogP contribution in [0.1, 0.15) is 69.7 Å². The van der Waals surface area contributed by atoms with Crippen molar-refractivity contribution in [1.29, 1.82) is 0 Å². The number of nitrogens with zero attached hydrogens (tertiary/aromatic N) is 3. The molecule has 0 spiro atoms. The van der Waals surface area contributed by atoms with Gasteiger partial charge in [0.1, 0.15) is 17.0 Å². The molecule has 0 radical (unpaired) electrons. The van der Waals surface area contributed by atoms with E-state index in [4.69, 9.17) is 4.74 Å². The first-order valence-corrected chi connectivity index (χ1v) is 12.2. The molecule has 1 aromatic heterocycles. The van der Waals surface area contributed by atoms with Gasteiger partial charge >= 0.3 is 12.7 Å². The van der Waals surface area contributed by atoms with Crippen LogP contribution in [-0.2, 0) is 9.47 Å². The fourth-order valence-corrected chi connectivity index (χ4v) is 4.13. The number of carbonyl (C=O) groups is 2. The van der Waals surface area contributed by atoms with Crippen molar-refractivity contribution in [2.75, 3.05) is 36.9 Å². The molecule has 2 aliphatic rings. The van der Waals surface area contributed by atoms with Gasteiger partial charge in [-0.3, -0.25) is 4.79 Å². The van der Waals surface area contributed by atoms with E-state index in [1.165, 1.54) is 12.6 Å². The summed E-state index contributed by atoms with van der Waals surface area (Å²) in [5, 5.41) is 9.19. The Kier molecular flexibility index (Phi) is 9.41. The molecule has 1 aliphatic heterocycles. The molecule has 0 unspecified atom stereocenters. The first kappa shape index (κ1) is 26.8. The predicted octanol–water partition coefficient (Wildman–Crippen LogP) is 3.61. The Morgan fingerprint density at radius 3 is 2.60 bits per heavy atom. The maximum Gasteiger partial charge on any atom is 0.410 e. The Morgan fingerprint density at radius 2 is 1.91 bits per heavy atom. The van der Waals surface area contributed by atoms with Crippen molar-refractivity contribution in [2.24, 2.45) is 0 Å². The summed E-state index contributed by atoms with van der Waals surface area (Å²) in [4.78, 5) is 35.7. The van der Waals surface area contributed by atoms with E-state index in [1.54, 1.807) is 4.90 Å². The lowest BCUT2D eigenvalue weighted by molar-refractivity contribution is -0.125. The molecule has 2 amide bonds. The molecule has 3 rings (SSSR count). The maximum atomic E-state index is 13.1. The fraction of sp³-hybridized carbons (Fsp3) is 0.739. The highest BCUT2D eigenvalue weighted by atomic mass is 19.3. The number of nitrogens with one attached hydrogen (secondary N) is 3. The molecule has 2 heterocycles. The van der Waals surface area contributed by atoms with Crippen LogP contribution in [0.2, 0.25) is 0 Å². The van der Waals surface area contributed by atoms with Crippen LogP contribution in [0.15, 0.2) is 6.20 Å². The Hall–Kier alpha value is -2.76. The van der Waals surface area contributed by atoms with E-state index in [9.17, 15) is 18.4 Å². The highest BCUT2D eigenvalue weighted by molar-refractivity contribution is 5.99. The fourth-order valence-electron chi connectivity index (χ4n) is 4.13. The highest BCUT2D eigenvalue weighted by Gasteiger charge is 2.31. The van der Waals surface area contributed by atoms with Crippen LogP contribution in [0.5, 0.6) is 0 Å². The molecule has 1 saturated heterocycles. The van der Waals surface area contributed by atoms with Crippen molar-refractivity contribution in [3.63, 3.8) is 0 Å². The van der Waals surface area contributed by atoms with Crippen LogP contribution in [0.25, 0.3) is 0 Å². The van der Waals surface area contributed by atoms with E-state index in [1.807, 2.05) is 20.8 Å².